The van der Waals surface area contributed by atoms with E-state index in [9.17, 15) is 8.42 Å². The molecule has 3 heterocycles. The number of H-pyrrole nitrogens is 1. The average Bonchev–Trinajstić information content (AvgIpc) is 3.08. The fourth-order valence-electron chi connectivity index (χ4n) is 2.87. The van der Waals surface area contributed by atoms with E-state index in [0.717, 1.165) is 37.9 Å². The Bertz CT molecular complexity index is 769. The lowest BCUT2D eigenvalue weighted by Gasteiger charge is -2.24. The van der Waals surface area contributed by atoms with Crippen LogP contribution in [0.1, 0.15) is 30.0 Å². The number of piperidine rings is 1. The lowest BCUT2D eigenvalue weighted by molar-refractivity contribution is 0.448. The molecule has 3 rings (SSSR count). The number of nitrogens with zero attached hydrogens (tertiary/aromatic N) is 3. The van der Waals surface area contributed by atoms with Crippen LogP contribution >= 0.6 is 0 Å². The molecule has 0 saturated carbocycles. The smallest absolute Gasteiger partial charge is 0.222 e. The van der Waals surface area contributed by atoms with Crippen molar-refractivity contribution in [1.82, 2.24) is 25.5 Å². The van der Waals surface area contributed by atoms with E-state index >= 15 is 0 Å². The van der Waals surface area contributed by atoms with Crippen molar-refractivity contribution in [3.8, 4) is 0 Å². The quantitative estimate of drug-likeness (QED) is 0.704. The minimum atomic E-state index is -3.35. The van der Waals surface area contributed by atoms with Gasteiger partial charge in [-0.05, 0) is 31.4 Å². The van der Waals surface area contributed by atoms with Gasteiger partial charge >= 0.3 is 0 Å². The predicted octanol–water partition coefficient (Wildman–Crippen LogP) is 0.725. The van der Waals surface area contributed by atoms with Gasteiger partial charge in [0.25, 0.3) is 0 Å². The highest BCUT2D eigenvalue weighted by molar-refractivity contribution is 7.90. The van der Waals surface area contributed by atoms with Crippen molar-refractivity contribution in [2.45, 2.75) is 30.1 Å². The van der Waals surface area contributed by atoms with Gasteiger partial charge in [0.1, 0.15) is 4.90 Å². The molecule has 1 saturated heterocycles. The highest BCUT2D eigenvalue weighted by Crippen LogP contribution is 2.27. The molecule has 1 fully saturated rings. The van der Waals surface area contributed by atoms with Crippen LogP contribution in [0.5, 0.6) is 0 Å². The van der Waals surface area contributed by atoms with E-state index in [1.165, 1.54) is 12.5 Å². The summed E-state index contributed by atoms with van der Waals surface area (Å²) >= 11 is 0. The molecule has 0 unspecified atom stereocenters. The highest BCUT2D eigenvalue weighted by atomic mass is 32.2. The summed E-state index contributed by atoms with van der Waals surface area (Å²) in [6, 6.07) is 0. The summed E-state index contributed by atoms with van der Waals surface area (Å²) in [4.78, 5) is 8.92. The van der Waals surface area contributed by atoms with Gasteiger partial charge in [0.05, 0.1) is 18.1 Å². The molecule has 0 aromatic carbocycles. The van der Waals surface area contributed by atoms with Gasteiger partial charge in [-0.3, -0.25) is 5.10 Å². The van der Waals surface area contributed by atoms with Crippen LogP contribution in [0.4, 0.5) is 5.95 Å². The van der Waals surface area contributed by atoms with Crippen LogP contribution in [-0.2, 0) is 16.3 Å². The zero-order valence-electron chi connectivity index (χ0n) is 13.6. The lowest BCUT2D eigenvalue weighted by Crippen LogP contribution is -2.30. The molecule has 1 aliphatic heterocycles. The van der Waals surface area contributed by atoms with E-state index < -0.39 is 9.84 Å². The van der Waals surface area contributed by atoms with Crippen molar-refractivity contribution in [2.75, 3.05) is 31.2 Å². The molecular formula is C15H22N6O2S. The zero-order chi connectivity index (χ0) is 17.0. The Morgan fingerprint density at radius 2 is 2.25 bits per heavy atom. The number of anilines is 1. The Morgan fingerprint density at radius 3 is 2.92 bits per heavy atom. The molecule has 2 aromatic heterocycles. The van der Waals surface area contributed by atoms with Crippen LogP contribution in [0, 0.1) is 0 Å². The van der Waals surface area contributed by atoms with Gasteiger partial charge in [-0.2, -0.15) is 5.10 Å². The van der Waals surface area contributed by atoms with Crippen LogP contribution in [-0.4, -0.2) is 54.5 Å². The first kappa shape index (κ1) is 16.8. The van der Waals surface area contributed by atoms with E-state index in [4.69, 9.17) is 0 Å². The molecular weight excluding hydrogens is 328 g/mol. The number of sulfone groups is 1. The molecule has 130 valence electrons. The molecule has 0 aliphatic carbocycles. The zero-order valence-corrected chi connectivity index (χ0v) is 14.4. The van der Waals surface area contributed by atoms with Crippen LogP contribution in [0.25, 0.3) is 0 Å². The van der Waals surface area contributed by atoms with Gasteiger partial charge in [-0.1, -0.05) is 0 Å². The van der Waals surface area contributed by atoms with Crippen molar-refractivity contribution in [1.29, 1.82) is 0 Å². The normalized spacial score (nSPS) is 18.5. The second-order valence-electron chi connectivity index (χ2n) is 6.04. The molecule has 1 atom stereocenters. The number of hydrogen-bond acceptors (Lipinski definition) is 7. The third-order valence-corrected chi connectivity index (χ3v) is 5.23. The Kier molecular flexibility index (Phi) is 5.10. The Labute approximate surface area is 141 Å². The summed E-state index contributed by atoms with van der Waals surface area (Å²) in [5, 5.41) is 13.1. The van der Waals surface area contributed by atoms with E-state index in [1.807, 2.05) is 6.20 Å². The predicted molar refractivity (Wildman–Crippen MR) is 90.8 cm³/mol. The van der Waals surface area contributed by atoms with Crippen LogP contribution in [0.15, 0.2) is 23.5 Å². The number of nitrogens with one attached hydrogen (secondary N) is 3. The first-order valence-electron chi connectivity index (χ1n) is 8.03. The molecule has 1 aliphatic rings. The lowest BCUT2D eigenvalue weighted by atomic mass is 9.96. The monoisotopic (exact) mass is 350 g/mol. The summed E-state index contributed by atoms with van der Waals surface area (Å²) in [6.45, 7) is 2.36. The summed E-state index contributed by atoms with van der Waals surface area (Å²) in [5.41, 5.74) is 1.71. The van der Waals surface area contributed by atoms with Gasteiger partial charge in [-0.25, -0.2) is 18.4 Å². The van der Waals surface area contributed by atoms with Gasteiger partial charge in [-0.15, -0.1) is 0 Å². The second-order valence-corrected chi connectivity index (χ2v) is 8.03. The van der Waals surface area contributed by atoms with Crippen molar-refractivity contribution < 1.29 is 8.42 Å². The number of rotatable bonds is 6. The van der Waals surface area contributed by atoms with E-state index in [1.54, 1.807) is 6.20 Å². The number of aromatic amines is 1. The summed E-state index contributed by atoms with van der Waals surface area (Å²) in [6.07, 6.45) is 8.98. The second kappa shape index (κ2) is 7.27. The van der Waals surface area contributed by atoms with Gasteiger partial charge in [0.15, 0.2) is 9.84 Å². The summed E-state index contributed by atoms with van der Waals surface area (Å²) < 4.78 is 24.1. The van der Waals surface area contributed by atoms with Gasteiger partial charge < -0.3 is 10.6 Å². The highest BCUT2D eigenvalue weighted by Gasteiger charge is 2.25. The van der Waals surface area contributed by atoms with Crippen molar-refractivity contribution in [2.24, 2.45) is 0 Å². The van der Waals surface area contributed by atoms with Crippen LogP contribution in [0.2, 0.25) is 0 Å². The molecule has 0 spiro atoms. The van der Waals surface area contributed by atoms with Crippen LogP contribution in [0.3, 0.4) is 0 Å². The number of hydrogen-bond donors (Lipinski definition) is 3. The largest absolute Gasteiger partial charge is 0.354 e. The Hall–Kier alpha value is -2.00. The Balaban J connectivity index is 1.78. The standard InChI is InChI=1S/C15H22N6O2S/c1-24(22,23)13-10-18-15(17-6-4-11-7-19-20-8-11)21-14(13)12-3-2-5-16-9-12/h7-8,10,12,16H,2-6,9H2,1H3,(H,19,20)(H,17,18,21)/t12-/m1/s1. The molecule has 3 N–H and O–H groups in total. The minimum absolute atomic E-state index is 0.0981. The first-order valence-corrected chi connectivity index (χ1v) is 9.92. The molecule has 24 heavy (non-hydrogen) atoms. The average molecular weight is 350 g/mol. The maximum absolute atomic E-state index is 12.0. The maximum atomic E-state index is 12.0. The van der Waals surface area contributed by atoms with Crippen molar-refractivity contribution in [3.05, 3.63) is 29.8 Å². The molecule has 0 bridgehead atoms. The van der Waals surface area contributed by atoms with Gasteiger partial charge in [0, 0.05) is 31.5 Å². The fourth-order valence-corrected chi connectivity index (χ4v) is 3.70. The fraction of sp³-hybridized carbons (Fsp3) is 0.533. The van der Waals surface area contributed by atoms with Gasteiger partial charge in [0.2, 0.25) is 5.95 Å². The summed E-state index contributed by atoms with van der Waals surface area (Å²) in [5.74, 6) is 0.562. The van der Waals surface area contributed by atoms with E-state index in [-0.39, 0.29) is 10.8 Å². The maximum Gasteiger partial charge on any atom is 0.222 e. The first-order chi connectivity index (χ1) is 11.5. The number of aromatic nitrogens is 4. The molecule has 2 aromatic rings. The van der Waals surface area contributed by atoms with E-state index in [2.05, 4.69) is 30.8 Å². The van der Waals surface area contributed by atoms with Crippen molar-refractivity contribution >= 4 is 15.8 Å². The van der Waals surface area contributed by atoms with Crippen molar-refractivity contribution in [3.63, 3.8) is 0 Å². The topological polar surface area (TPSA) is 113 Å². The SMILES string of the molecule is CS(=O)(=O)c1cnc(NCCc2cn[nH]c2)nc1[C@@H]1CCCNC1. The molecule has 0 radical (unpaired) electrons. The molecule has 8 nitrogen and oxygen atoms in total. The minimum Gasteiger partial charge on any atom is -0.354 e. The molecule has 9 heteroatoms. The Morgan fingerprint density at radius 1 is 1.38 bits per heavy atom. The third-order valence-electron chi connectivity index (χ3n) is 4.12. The van der Waals surface area contributed by atoms with E-state index in [0.29, 0.717) is 18.2 Å². The molecule has 0 amide bonds. The van der Waals surface area contributed by atoms with Crippen LogP contribution < -0.4 is 10.6 Å². The third kappa shape index (κ3) is 4.09. The summed E-state index contributed by atoms with van der Waals surface area (Å²) in [7, 11) is -3.35.